The topological polar surface area (TPSA) is 66.7 Å². The molecular formula is C24H24N4O2S2. The normalized spacial score (nSPS) is 15.2. The molecule has 1 saturated heterocycles. The number of thioether (sulfide) groups is 1. The van der Waals surface area contributed by atoms with Crippen molar-refractivity contribution in [2.24, 2.45) is 0 Å². The molecule has 2 aromatic heterocycles. The van der Waals surface area contributed by atoms with Crippen LogP contribution in [-0.4, -0.2) is 37.6 Å². The summed E-state index contributed by atoms with van der Waals surface area (Å²) in [6.07, 6.45) is 4.92. The molecule has 3 heterocycles. The molecule has 0 atom stereocenters. The van der Waals surface area contributed by atoms with Gasteiger partial charge in [0.05, 0.1) is 10.5 Å². The Balaban J connectivity index is 1.68. The maximum Gasteiger partial charge on any atom is 0.267 e. The highest BCUT2D eigenvalue weighted by Crippen LogP contribution is 2.33. The number of hydrogen-bond donors (Lipinski definition) is 1. The standard InChI is InChI=1S/C24H24N4O2S2/c1-3-12-25-20-18(22(29)27-13-7-8-16(2)21(27)26-20)15-19-23(30)28(24(31)32-19)14-11-17-9-5-4-6-10-17/h4-10,13,15,25H,3,11-12,14H2,1-2H3/b19-15+. The number of aromatic nitrogens is 2. The number of benzene rings is 1. The Bertz CT molecular complexity index is 1270. The van der Waals surface area contributed by atoms with Gasteiger partial charge in [-0.25, -0.2) is 4.98 Å². The highest BCUT2D eigenvalue weighted by atomic mass is 32.2. The van der Waals surface area contributed by atoms with E-state index in [1.54, 1.807) is 17.2 Å². The van der Waals surface area contributed by atoms with Gasteiger partial charge < -0.3 is 5.32 Å². The fourth-order valence-corrected chi connectivity index (χ4v) is 4.82. The smallest absolute Gasteiger partial charge is 0.267 e. The van der Waals surface area contributed by atoms with Gasteiger partial charge in [0.2, 0.25) is 0 Å². The van der Waals surface area contributed by atoms with Crippen LogP contribution in [0.5, 0.6) is 0 Å². The molecule has 1 fully saturated rings. The fraction of sp³-hybridized carbons (Fsp3) is 0.250. The third-order valence-corrected chi connectivity index (χ3v) is 6.62. The van der Waals surface area contributed by atoms with Crippen LogP contribution < -0.4 is 10.9 Å². The Morgan fingerprint density at radius 1 is 1.16 bits per heavy atom. The average molecular weight is 465 g/mol. The molecule has 164 valence electrons. The molecule has 1 aliphatic rings. The molecule has 4 rings (SSSR count). The number of aryl methyl sites for hydroxylation is 1. The second-order valence-electron chi connectivity index (χ2n) is 7.56. The molecule has 8 heteroatoms. The van der Waals surface area contributed by atoms with E-state index in [1.165, 1.54) is 16.2 Å². The zero-order valence-corrected chi connectivity index (χ0v) is 19.6. The highest BCUT2D eigenvalue weighted by molar-refractivity contribution is 8.26. The van der Waals surface area contributed by atoms with Crippen LogP contribution >= 0.6 is 24.0 Å². The molecule has 0 saturated carbocycles. The highest BCUT2D eigenvalue weighted by Gasteiger charge is 2.32. The quantitative estimate of drug-likeness (QED) is 0.416. The summed E-state index contributed by atoms with van der Waals surface area (Å²) in [5.74, 6) is 0.312. The first-order valence-corrected chi connectivity index (χ1v) is 11.8. The van der Waals surface area contributed by atoms with E-state index in [9.17, 15) is 9.59 Å². The summed E-state index contributed by atoms with van der Waals surface area (Å²) in [6, 6.07) is 13.7. The Morgan fingerprint density at radius 3 is 2.69 bits per heavy atom. The lowest BCUT2D eigenvalue weighted by Gasteiger charge is -2.14. The number of thiocarbonyl (C=S) groups is 1. The van der Waals surface area contributed by atoms with Crippen molar-refractivity contribution in [2.45, 2.75) is 26.7 Å². The van der Waals surface area contributed by atoms with Gasteiger partial charge in [-0.15, -0.1) is 0 Å². The molecule has 0 unspecified atom stereocenters. The van der Waals surface area contributed by atoms with Crippen molar-refractivity contribution >= 4 is 51.7 Å². The molecule has 1 aromatic carbocycles. The summed E-state index contributed by atoms with van der Waals surface area (Å²) in [7, 11) is 0. The maximum absolute atomic E-state index is 13.3. The largest absolute Gasteiger partial charge is 0.369 e. The molecular weight excluding hydrogens is 440 g/mol. The van der Waals surface area contributed by atoms with Crippen LogP contribution in [0.3, 0.4) is 0 Å². The summed E-state index contributed by atoms with van der Waals surface area (Å²) >= 11 is 6.70. The van der Waals surface area contributed by atoms with Gasteiger partial charge in [0, 0.05) is 19.3 Å². The summed E-state index contributed by atoms with van der Waals surface area (Å²) in [6.45, 7) is 5.14. The van der Waals surface area contributed by atoms with Crippen LogP contribution in [0, 0.1) is 6.92 Å². The van der Waals surface area contributed by atoms with Gasteiger partial charge in [0.25, 0.3) is 11.5 Å². The van der Waals surface area contributed by atoms with E-state index in [-0.39, 0.29) is 11.5 Å². The Kier molecular flexibility index (Phi) is 6.72. The number of nitrogens with zero attached hydrogens (tertiary/aromatic N) is 3. The molecule has 6 nitrogen and oxygen atoms in total. The van der Waals surface area contributed by atoms with E-state index in [1.807, 2.05) is 56.3 Å². The lowest BCUT2D eigenvalue weighted by molar-refractivity contribution is -0.122. The maximum atomic E-state index is 13.3. The summed E-state index contributed by atoms with van der Waals surface area (Å²) in [5.41, 5.74) is 2.80. The minimum Gasteiger partial charge on any atom is -0.369 e. The molecule has 3 aromatic rings. The lowest BCUT2D eigenvalue weighted by atomic mass is 10.1. The molecule has 1 N–H and O–H groups in total. The van der Waals surface area contributed by atoms with E-state index in [2.05, 4.69) is 5.32 Å². The van der Waals surface area contributed by atoms with Crippen LogP contribution in [0.4, 0.5) is 5.82 Å². The third-order valence-electron chi connectivity index (χ3n) is 5.24. The number of carbonyl (C=O) groups excluding carboxylic acids is 1. The van der Waals surface area contributed by atoms with Gasteiger partial charge in [-0.3, -0.25) is 18.9 Å². The van der Waals surface area contributed by atoms with E-state index in [4.69, 9.17) is 17.2 Å². The lowest BCUT2D eigenvalue weighted by Crippen LogP contribution is -2.30. The van der Waals surface area contributed by atoms with Gasteiger partial charge in [0.1, 0.15) is 15.8 Å². The third kappa shape index (κ3) is 4.47. The predicted molar refractivity (Wildman–Crippen MR) is 135 cm³/mol. The first-order chi connectivity index (χ1) is 15.5. The number of anilines is 1. The number of pyridine rings is 1. The number of amides is 1. The first-order valence-electron chi connectivity index (χ1n) is 10.5. The number of hydrogen-bond acceptors (Lipinski definition) is 6. The number of nitrogens with one attached hydrogen (secondary N) is 1. The van der Waals surface area contributed by atoms with Gasteiger partial charge in [0.15, 0.2) is 0 Å². The first kappa shape index (κ1) is 22.2. The Labute approximate surface area is 196 Å². The van der Waals surface area contributed by atoms with Crippen molar-refractivity contribution in [1.82, 2.24) is 14.3 Å². The van der Waals surface area contributed by atoms with E-state index in [0.717, 1.165) is 17.5 Å². The molecule has 1 amide bonds. The van der Waals surface area contributed by atoms with Crippen molar-refractivity contribution in [3.05, 3.63) is 80.6 Å². The molecule has 1 aliphatic heterocycles. The minimum atomic E-state index is -0.216. The fourth-order valence-electron chi connectivity index (χ4n) is 3.53. The monoisotopic (exact) mass is 464 g/mol. The van der Waals surface area contributed by atoms with Crippen LogP contribution in [0.25, 0.3) is 11.7 Å². The van der Waals surface area contributed by atoms with Crippen molar-refractivity contribution in [1.29, 1.82) is 0 Å². The predicted octanol–water partition coefficient (Wildman–Crippen LogP) is 4.27. The van der Waals surface area contributed by atoms with Crippen molar-refractivity contribution in [3.8, 4) is 0 Å². The number of fused-ring (bicyclic) bond motifs is 1. The molecule has 0 aliphatic carbocycles. The van der Waals surface area contributed by atoms with Gasteiger partial charge in [-0.2, -0.15) is 0 Å². The summed E-state index contributed by atoms with van der Waals surface area (Å²) in [4.78, 5) is 33.1. The van der Waals surface area contributed by atoms with E-state index < -0.39 is 0 Å². The molecule has 0 spiro atoms. The Hall–Kier alpha value is -2.97. The van der Waals surface area contributed by atoms with Crippen LogP contribution in [0.15, 0.2) is 58.4 Å². The summed E-state index contributed by atoms with van der Waals surface area (Å²) in [5, 5.41) is 3.24. The van der Waals surface area contributed by atoms with Gasteiger partial charge in [-0.05, 0) is 43.0 Å². The Morgan fingerprint density at radius 2 is 1.94 bits per heavy atom. The van der Waals surface area contributed by atoms with Crippen molar-refractivity contribution in [3.63, 3.8) is 0 Å². The zero-order chi connectivity index (χ0) is 22.7. The van der Waals surface area contributed by atoms with Crippen LogP contribution in [-0.2, 0) is 11.2 Å². The van der Waals surface area contributed by atoms with Crippen LogP contribution in [0.1, 0.15) is 30.0 Å². The van der Waals surface area contributed by atoms with Crippen molar-refractivity contribution < 1.29 is 4.79 Å². The number of carbonyl (C=O) groups is 1. The SMILES string of the molecule is CCCNc1nc2c(C)cccn2c(=O)c1/C=C1/SC(=S)N(CCc2ccccc2)C1=O. The number of rotatable bonds is 7. The van der Waals surface area contributed by atoms with Crippen molar-refractivity contribution in [2.75, 3.05) is 18.4 Å². The van der Waals surface area contributed by atoms with E-state index >= 15 is 0 Å². The summed E-state index contributed by atoms with van der Waals surface area (Å²) < 4.78 is 2.03. The zero-order valence-electron chi connectivity index (χ0n) is 18.0. The minimum absolute atomic E-state index is 0.175. The molecule has 32 heavy (non-hydrogen) atoms. The second kappa shape index (κ2) is 9.67. The van der Waals surface area contributed by atoms with Gasteiger partial charge >= 0.3 is 0 Å². The second-order valence-corrected chi connectivity index (χ2v) is 9.24. The molecule has 0 radical (unpaired) electrons. The molecule has 0 bridgehead atoms. The van der Waals surface area contributed by atoms with Crippen LogP contribution in [0.2, 0.25) is 0 Å². The average Bonchev–Trinajstić information content (AvgIpc) is 3.06. The van der Waals surface area contributed by atoms with Gasteiger partial charge in [-0.1, -0.05) is 67.3 Å². The van der Waals surface area contributed by atoms with E-state index in [0.29, 0.717) is 45.8 Å².